The second kappa shape index (κ2) is 7.53. The standard InChI is InChI=1S/C21H17ClF3N3/c22-19-15-10-11-26-17(12-13-6-2-1-3-7-13)18(15)27-20(28-19)14-8-4-5-9-16(14)21(23,24)25/h1-9,17,26H,10-12H2. The van der Waals surface area contributed by atoms with Crippen LogP contribution in [-0.4, -0.2) is 16.5 Å². The molecule has 0 saturated carbocycles. The van der Waals surface area contributed by atoms with Crippen molar-refractivity contribution < 1.29 is 13.2 Å². The SMILES string of the molecule is FC(F)(F)c1ccccc1-c1nc(Cl)c2c(n1)C(Cc1ccccc1)NCC2. The van der Waals surface area contributed by atoms with Crippen LogP contribution >= 0.6 is 11.6 Å². The summed E-state index contributed by atoms with van der Waals surface area (Å²) in [6.45, 7) is 0.714. The van der Waals surface area contributed by atoms with E-state index in [1.807, 2.05) is 30.3 Å². The predicted octanol–water partition coefficient (Wildman–Crippen LogP) is 5.25. The van der Waals surface area contributed by atoms with E-state index in [2.05, 4.69) is 15.3 Å². The monoisotopic (exact) mass is 403 g/mol. The number of rotatable bonds is 3. The first kappa shape index (κ1) is 18.9. The summed E-state index contributed by atoms with van der Waals surface area (Å²) in [5, 5.41) is 3.62. The predicted molar refractivity (Wildman–Crippen MR) is 102 cm³/mol. The first-order valence-electron chi connectivity index (χ1n) is 8.93. The van der Waals surface area contributed by atoms with Crippen molar-refractivity contribution in [1.29, 1.82) is 0 Å². The Bertz CT molecular complexity index is 990. The Hall–Kier alpha value is -2.44. The summed E-state index contributed by atoms with van der Waals surface area (Å²) in [5.74, 6) is -0.00145. The fraction of sp³-hybridized carbons (Fsp3) is 0.238. The molecule has 1 aromatic heterocycles. The van der Waals surface area contributed by atoms with Gasteiger partial charge in [-0.1, -0.05) is 60.1 Å². The minimum atomic E-state index is -4.50. The van der Waals surface area contributed by atoms with Gasteiger partial charge in [0.25, 0.3) is 0 Å². The van der Waals surface area contributed by atoms with Crippen molar-refractivity contribution >= 4 is 11.6 Å². The molecule has 1 N–H and O–H groups in total. The van der Waals surface area contributed by atoms with Crippen molar-refractivity contribution in [3.05, 3.63) is 82.1 Å². The number of alkyl halides is 3. The van der Waals surface area contributed by atoms with Gasteiger partial charge in [0.2, 0.25) is 0 Å². The highest BCUT2D eigenvalue weighted by molar-refractivity contribution is 6.30. The van der Waals surface area contributed by atoms with Crippen molar-refractivity contribution in [2.45, 2.75) is 25.1 Å². The second-order valence-corrected chi connectivity index (χ2v) is 7.05. The fourth-order valence-corrected chi connectivity index (χ4v) is 3.80. The number of hydrogen-bond donors (Lipinski definition) is 1. The highest BCUT2D eigenvalue weighted by atomic mass is 35.5. The van der Waals surface area contributed by atoms with Gasteiger partial charge in [0.15, 0.2) is 5.82 Å². The summed E-state index contributed by atoms with van der Waals surface area (Å²) < 4.78 is 40.3. The van der Waals surface area contributed by atoms with Crippen molar-refractivity contribution in [2.75, 3.05) is 6.54 Å². The third-order valence-electron chi connectivity index (χ3n) is 4.84. The van der Waals surface area contributed by atoms with Crippen LogP contribution in [0.25, 0.3) is 11.4 Å². The molecule has 3 nitrogen and oxygen atoms in total. The number of nitrogens with zero attached hydrogens (tertiary/aromatic N) is 2. The molecule has 0 fully saturated rings. The number of nitrogens with one attached hydrogen (secondary N) is 1. The van der Waals surface area contributed by atoms with Gasteiger partial charge in [-0.3, -0.25) is 0 Å². The summed E-state index contributed by atoms with van der Waals surface area (Å²) in [7, 11) is 0. The lowest BCUT2D eigenvalue weighted by atomic mass is 9.95. The molecule has 1 aliphatic heterocycles. The molecule has 1 unspecified atom stereocenters. The maximum absolute atomic E-state index is 13.4. The van der Waals surface area contributed by atoms with E-state index in [0.29, 0.717) is 25.1 Å². The number of hydrogen-bond acceptors (Lipinski definition) is 3. The van der Waals surface area contributed by atoms with E-state index in [1.54, 1.807) is 6.07 Å². The van der Waals surface area contributed by atoms with E-state index in [0.717, 1.165) is 17.2 Å². The van der Waals surface area contributed by atoms with Crippen LogP contribution in [0.1, 0.15) is 28.4 Å². The molecule has 0 saturated heterocycles. The molecule has 4 rings (SSSR count). The normalized spacial score (nSPS) is 16.6. The third kappa shape index (κ3) is 3.75. The molecule has 0 aliphatic carbocycles. The van der Waals surface area contributed by atoms with Crippen molar-refractivity contribution in [3.8, 4) is 11.4 Å². The Morgan fingerprint density at radius 2 is 1.71 bits per heavy atom. The van der Waals surface area contributed by atoms with Gasteiger partial charge in [0.1, 0.15) is 5.15 Å². The van der Waals surface area contributed by atoms with Crippen molar-refractivity contribution in [1.82, 2.24) is 15.3 Å². The zero-order valence-corrected chi connectivity index (χ0v) is 15.6. The van der Waals surface area contributed by atoms with Gasteiger partial charge in [0, 0.05) is 11.1 Å². The van der Waals surface area contributed by atoms with E-state index in [4.69, 9.17) is 11.6 Å². The van der Waals surface area contributed by atoms with Crippen molar-refractivity contribution in [2.24, 2.45) is 0 Å². The van der Waals surface area contributed by atoms with Gasteiger partial charge >= 0.3 is 6.18 Å². The molecule has 28 heavy (non-hydrogen) atoms. The van der Waals surface area contributed by atoms with Crippen LogP contribution in [0.3, 0.4) is 0 Å². The van der Waals surface area contributed by atoms with E-state index in [-0.39, 0.29) is 22.6 Å². The zero-order valence-electron chi connectivity index (χ0n) is 14.8. The minimum Gasteiger partial charge on any atom is -0.308 e. The Labute approximate surface area is 165 Å². The van der Waals surface area contributed by atoms with Crippen LogP contribution < -0.4 is 5.32 Å². The topological polar surface area (TPSA) is 37.8 Å². The molecule has 2 aromatic carbocycles. The van der Waals surface area contributed by atoms with E-state index < -0.39 is 11.7 Å². The zero-order chi connectivity index (χ0) is 19.7. The third-order valence-corrected chi connectivity index (χ3v) is 5.15. The first-order valence-corrected chi connectivity index (χ1v) is 9.31. The lowest BCUT2D eigenvalue weighted by Crippen LogP contribution is -2.33. The number of benzene rings is 2. The fourth-order valence-electron chi connectivity index (χ4n) is 3.52. The molecule has 1 aliphatic rings. The summed E-state index contributed by atoms with van der Waals surface area (Å²) >= 11 is 6.37. The molecule has 0 radical (unpaired) electrons. The van der Waals surface area contributed by atoms with E-state index in [9.17, 15) is 13.2 Å². The average molecular weight is 404 g/mol. The Balaban J connectivity index is 1.79. The van der Waals surface area contributed by atoms with Gasteiger partial charge < -0.3 is 5.32 Å². The highest BCUT2D eigenvalue weighted by Gasteiger charge is 2.35. The van der Waals surface area contributed by atoms with Crippen LogP contribution in [0.2, 0.25) is 5.15 Å². The molecule has 2 heterocycles. The summed E-state index contributed by atoms with van der Waals surface area (Å²) in [4.78, 5) is 8.74. The summed E-state index contributed by atoms with van der Waals surface area (Å²) in [6.07, 6.45) is -3.19. The van der Waals surface area contributed by atoms with Crippen LogP contribution in [0, 0.1) is 0 Å². The quantitative estimate of drug-likeness (QED) is 0.607. The Morgan fingerprint density at radius 1 is 1.00 bits per heavy atom. The Morgan fingerprint density at radius 3 is 2.46 bits per heavy atom. The molecule has 7 heteroatoms. The van der Waals surface area contributed by atoms with Gasteiger partial charge in [-0.05, 0) is 31.0 Å². The van der Waals surface area contributed by atoms with Crippen molar-refractivity contribution in [3.63, 3.8) is 0 Å². The van der Waals surface area contributed by atoms with Gasteiger partial charge in [-0.2, -0.15) is 13.2 Å². The smallest absolute Gasteiger partial charge is 0.308 e. The summed E-state index contributed by atoms with van der Waals surface area (Å²) in [5.41, 5.74) is 1.75. The molecule has 0 spiro atoms. The molecule has 144 valence electrons. The second-order valence-electron chi connectivity index (χ2n) is 6.69. The van der Waals surface area contributed by atoms with Gasteiger partial charge in [-0.15, -0.1) is 0 Å². The largest absolute Gasteiger partial charge is 0.417 e. The minimum absolute atomic E-state index is 0.00145. The number of fused-ring (bicyclic) bond motifs is 1. The molecule has 0 amide bonds. The van der Waals surface area contributed by atoms with Crippen LogP contribution in [0.15, 0.2) is 54.6 Å². The lowest BCUT2D eigenvalue weighted by molar-refractivity contribution is -0.137. The van der Waals surface area contributed by atoms with E-state index >= 15 is 0 Å². The van der Waals surface area contributed by atoms with E-state index in [1.165, 1.54) is 12.1 Å². The molecule has 1 atom stereocenters. The number of aromatic nitrogens is 2. The van der Waals surface area contributed by atoms with Crippen LogP contribution in [-0.2, 0) is 19.0 Å². The molecule has 0 bridgehead atoms. The maximum Gasteiger partial charge on any atom is 0.417 e. The lowest BCUT2D eigenvalue weighted by Gasteiger charge is -2.27. The Kier molecular flexibility index (Phi) is 5.08. The van der Waals surface area contributed by atoms with Crippen LogP contribution in [0.5, 0.6) is 0 Å². The maximum atomic E-state index is 13.4. The average Bonchev–Trinajstić information content (AvgIpc) is 2.69. The first-order chi connectivity index (χ1) is 13.4. The molecule has 3 aromatic rings. The molecular formula is C21H17ClF3N3. The van der Waals surface area contributed by atoms with Crippen LogP contribution in [0.4, 0.5) is 13.2 Å². The number of halogens is 4. The highest BCUT2D eigenvalue weighted by Crippen LogP contribution is 2.37. The van der Waals surface area contributed by atoms with Gasteiger partial charge in [0.05, 0.1) is 17.3 Å². The van der Waals surface area contributed by atoms with Gasteiger partial charge in [-0.25, -0.2) is 9.97 Å². The summed E-state index contributed by atoms with van der Waals surface area (Å²) in [6, 6.07) is 15.0. The molecular weight excluding hydrogens is 387 g/mol.